The van der Waals surface area contributed by atoms with Crippen LogP contribution in [0.25, 0.3) is 11.1 Å². The van der Waals surface area contributed by atoms with Gasteiger partial charge in [-0.2, -0.15) is 0 Å². The van der Waals surface area contributed by atoms with E-state index < -0.39 is 11.5 Å². The molecule has 0 amide bonds. The van der Waals surface area contributed by atoms with Crippen LogP contribution in [0.15, 0.2) is 21.8 Å². The van der Waals surface area contributed by atoms with Crippen LogP contribution in [0.2, 0.25) is 0 Å². The van der Waals surface area contributed by atoms with E-state index in [1.165, 1.54) is 10.9 Å². The van der Waals surface area contributed by atoms with Gasteiger partial charge in [0.15, 0.2) is 0 Å². The third-order valence-electron chi connectivity index (χ3n) is 4.00. The average molecular weight is 358 g/mol. The van der Waals surface area contributed by atoms with E-state index >= 15 is 0 Å². The van der Waals surface area contributed by atoms with Crippen molar-refractivity contribution in [1.29, 1.82) is 0 Å². The summed E-state index contributed by atoms with van der Waals surface area (Å²) in [6.45, 7) is 5.75. The van der Waals surface area contributed by atoms with Gasteiger partial charge in [-0.25, -0.2) is 9.78 Å². The maximum atomic E-state index is 12.8. The van der Waals surface area contributed by atoms with Gasteiger partial charge >= 0.3 is 5.97 Å². The average Bonchev–Trinajstić information content (AvgIpc) is 3.05. The first kappa shape index (κ1) is 17.6. The van der Waals surface area contributed by atoms with Gasteiger partial charge in [0, 0.05) is 17.3 Å². The summed E-state index contributed by atoms with van der Waals surface area (Å²) in [7, 11) is 1.58. The Hall–Kier alpha value is -3.23. The lowest BCUT2D eigenvalue weighted by Gasteiger charge is -2.13. The predicted molar refractivity (Wildman–Crippen MR) is 91.4 cm³/mol. The number of carbonyl (C=O) groups is 1. The van der Waals surface area contributed by atoms with Crippen LogP contribution in [0.5, 0.6) is 5.75 Å². The second-order valence-corrected chi connectivity index (χ2v) is 5.66. The molecule has 3 aromatic heterocycles. The topological polar surface area (TPSA) is 109 Å². The van der Waals surface area contributed by atoms with E-state index in [9.17, 15) is 9.59 Å². The van der Waals surface area contributed by atoms with Crippen LogP contribution in [0, 0.1) is 13.8 Å². The zero-order valence-corrected chi connectivity index (χ0v) is 14.9. The van der Waals surface area contributed by atoms with Gasteiger partial charge in [-0.05, 0) is 20.8 Å². The van der Waals surface area contributed by atoms with Crippen LogP contribution in [0.3, 0.4) is 0 Å². The number of pyridine rings is 1. The molecule has 0 aliphatic heterocycles. The van der Waals surface area contributed by atoms with Crippen molar-refractivity contribution in [3.63, 3.8) is 0 Å². The minimum Gasteiger partial charge on any atom is -0.496 e. The van der Waals surface area contributed by atoms with E-state index in [1.807, 2.05) is 13.8 Å². The fourth-order valence-electron chi connectivity index (χ4n) is 2.72. The maximum absolute atomic E-state index is 12.8. The Morgan fingerprint density at radius 3 is 2.77 bits per heavy atom. The molecule has 0 aliphatic rings. The highest BCUT2D eigenvalue weighted by atomic mass is 16.5. The van der Waals surface area contributed by atoms with Gasteiger partial charge in [0.1, 0.15) is 17.5 Å². The normalized spacial score (nSPS) is 10.9. The van der Waals surface area contributed by atoms with Gasteiger partial charge in [-0.3, -0.25) is 14.3 Å². The van der Waals surface area contributed by atoms with Crippen LogP contribution >= 0.6 is 0 Å². The number of methoxy groups -OCH3 is 1. The monoisotopic (exact) mass is 358 g/mol. The van der Waals surface area contributed by atoms with Gasteiger partial charge in [0.05, 0.1) is 26.0 Å². The number of carbonyl (C=O) groups excluding carboxylic acids is 1. The molecule has 0 fully saturated rings. The lowest BCUT2D eigenvalue weighted by atomic mass is 10.1. The quantitative estimate of drug-likeness (QED) is 0.633. The van der Waals surface area contributed by atoms with Crippen LogP contribution < -0.4 is 10.3 Å². The van der Waals surface area contributed by atoms with Crippen LogP contribution in [0.4, 0.5) is 0 Å². The Bertz CT molecular complexity index is 1040. The van der Waals surface area contributed by atoms with Gasteiger partial charge < -0.3 is 14.0 Å². The number of aryl methyl sites for hydroxylation is 1. The standard InChI is InChI=1S/C17H18N4O5/c1-5-25-17(23)13-12-15(26-20-13)19-8-21(16(12)22)7-11-10(3)14(24-4)9(2)6-18-11/h6,8H,5,7H2,1-4H3. The Labute approximate surface area is 148 Å². The van der Waals surface area contributed by atoms with Gasteiger partial charge in [0.2, 0.25) is 5.69 Å². The molecule has 0 radical (unpaired) electrons. The first-order valence-electron chi connectivity index (χ1n) is 7.98. The Balaban J connectivity index is 2.07. The number of nitrogens with zero attached hydrogens (tertiary/aromatic N) is 4. The fourth-order valence-corrected chi connectivity index (χ4v) is 2.72. The third kappa shape index (κ3) is 2.92. The van der Waals surface area contributed by atoms with Gasteiger partial charge in [0.25, 0.3) is 11.3 Å². The van der Waals surface area contributed by atoms with Crippen LogP contribution in [-0.4, -0.2) is 39.4 Å². The highest BCUT2D eigenvalue weighted by Gasteiger charge is 2.22. The zero-order chi connectivity index (χ0) is 18.8. The number of fused-ring (bicyclic) bond motifs is 1. The molecular formula is C17H18N4O5. The van der Waals surface area contributed by atoms with E-state index in [1.54, 1.807) is 20.2 Å². The lowest BCUT2D eigenvalue weighted by Crippen LogP contribution is -2.23. The minimum absolute atomic E-state index is 0.0114. The van der Waals surface area contributed by atoms with Gasteiger partial charge in [-0.15, -0.1) is 0 Å². The summed E-state index contributed by atoms with van der Waals surface area (Å²) in [4.78, 5) is 33.2. The molecule has 3 heterocycles. The first-order chi connectivity index (χ1) is 12.5. The summed E-state index contributed by atoms with van der Waals surface area (Å²) >= 11 is 0. The van der Waals surface area contributed by atoms with Crippen LogP contribution in [0.1, 0.15) is 34.2 Å². The van der Waals surface area contributed by atoms with Crippen molar-refractivity contribution in [2.45, 2.75) is 27.3 Å². The molecule has 0 atom stereocenters. The number of hydrogen-bond donors (Lipinski definition) is 0. The molecule has 9 heteroatoms. The van der Waals surface area contributed by atoms with E-state index in [0.29, 0.717) is 11.4 Å². The second-order valence-electron chi connectivity index (χ2n) is 5.66. The van der Waals surface area contributed by atoms with Crippen molar-refractivity contribution < 1.29 is 18.8 Å². The summed E-state index contributed by atoms with van der Waals surface area (Å²) in [6, 6.07) is 0. The number of hydrogen-bond acceptors (Lipinski definition) is 8. The van der Waals surface area contributed by atoms with Crippen molar-refractivity contribution >= 4 is 17.1 Å². The minimum atomic E-state index is -0.728. The van der Waals surface area contributed by atoms with Gasteiger partial charge in [-0.1, -0.05) is 5.16 Å². The molecule has 0 saturated heterocycles. The van der Waals surface area contributed by atoms with E-state index in [0.717, 1.165) is 11.1 Å². The molecule has 0 bridgehead atoms. The highest BCUT2D eigenvalue weighted by Crippen LogP contribution is 2.24. The lowest BCUT2D eigenvalue weighted by molar-refractivity contribution is 0.0516. The van der Waals surface area contributed by atoms with E-state index in [2.05, 4.69) is 15.1 Å². The second kappa shape index (κ2) is 6.95. The van der Waals surface area contributed by atoms with E-state index in [4.69, 9.17) is 14.0 Å². The predicted octanol–water partition coefficient (Wildman–Crippen LogP) is 1.63. The fraction of sp³-hybridized carbons (Fsp3) is 0.353. The number of esters is 1. The Morgan fingerprint density at radius 1 is 1.31 bits per heavy atom. The van der Waals surface area contributed by atoms with Crippen molar-refractivity contribution in [3.8, 4) is 5.75 Å². The molecule has 26 heavy (non-hydrogen) atoms. The Kier molecular flexibility index (Phi) is 4.70. The molecule has 0 aliphatic carbocycles. The summed E-state index contributed by atoms with van der Waals surface area (Å²) < 4.78 is 16.6. The molecule has 0 aromatic carbocycles. The molecule has 0 spiro atoms. The Morgan fingerprint density at radius 2 is 2.08 bits per heavy atom. The molecule has 0 saturated carbocycles. The smallest absolute Gasteiger partial charge is 0.361 e. The van der Waals surface area contributed by atoms with E-state index in [-0.39, 0.29) is 29.9 Å². The summed E-state index contributed by atoms with van der Waals surface area (Å²) in [6.07, 6.45) is 3.01. The van der Waals surface area contributed by atoms with Crippen molar-refractivity contribution in [2.75, 3.05) is 13.7 Å². The molecule has 0 N–H and O–H groups in total. The van der Waals surface area contributed by atoms with Crippen molar-refractivity contribution in [3.05, 3.63) is 45.4 Å². The SMILES string of the molecule is CCOC(=O)c1noc2ncn(Cc3ncc(C)c(OC)c3C)c(=O)c12. The molecule has 3 aromatic rings. The molecule has 136 valence electrons. The zero-order valence-electron chi connectivity index (χ0n) is 14.9. The number of rotatable bonds is 5. The molecule has 0 unspecified atom stereocenters. The highest BCUT2D eigenvalue weighted by molar-refractivity contribution is 5.99. The maximum Gasteiger partial charge on any atom is 0.361 e. The third-order valence-corrected chi connectivity index (χ3v) is 4.00. The van der Waals surface area contributed by atoms with Crippen LogP contribution in [-0.2, 0) is 11.3 Å². The van der Waals surface area contributed by atoms with Crippen molar-refractivity contribution in [1.82, 2.24) is 19.7 Å². The first-order valence-corrected chi connectivity index (χ1v) is 7.98. The molecule has 3 rings (SSSR count). The number of ether oxygens (including phenoxy) is 2. The summed E-state index contributed by atoms with van der Waals surface area (Å²) in [5.41, 5.74) is 1.74. The summed E-state index contributed by atoms with van der Waals surface area (Å²) in [5.74, 6) is -0.0107. The summed E-state index contributed by atoms with van der Waals surface area (Å²) in [5, 5.41) is 3.61. The number of aromatic nitrogens is 4. The van der Waals surface area contributed by atoms with Crippen molar-refractivity contribution in [2.24, 2.45) is 0 Å². The largest absolute Gasteiger partial charge is 0.496 e. The molecular weight excluding hydrogens is 340 g/mol. The molecule has 9 nitrogen and oxygen atoms in total.